The van der Waals surface area contributed by atoms with Gasteiger partial charge in [0.05, 0.1) is 25.7 Å². The summed E-state index contributed by atoms with van der Waals surface area (Å²) in [6, 6.07) is 13.4. The maximum absolute atomic E-state index is 12.5. The molecule has 0 saturated carbocycles. The summed E-state index contributed by atoms with van der Waals surface area (Å²) < 4.78 is 16.3. The lowest BCUT2D eigenvalue weighted by Gasteiger charge is -2.16. The first-order valence-electron chi connectivity index (χ1n) is 9.02. The topological polar surface area (TPSA) is 77.7 Å². The molecular weight excluding hydrogens is 358 g/mol. The molecule has 0 spiro atoms. The average molecular weight is 379 g/mol. The number of aromatic nitrogens is 2. The van der Waals surface area contributed by atoms with Crippen molar-refractivity contribution in [2.24, 2.45) is 0 Å². The number of anilines is 1. The van der Waals surface area contributed by atoms with Crippen molar-refractivity contribution in [1.82, 2.24) is 10.1 Å². The molecule has 3 aromatic rings. The Balaban J connectivity index is 1.59. The molecule has 144 valence electrons. The van der Waals surface area contributed by atoms with Gasteiger partial charge in [0.15, 0.2) is 11.5 Å². The Labute approximate surface area is 162 Å². The van der Waals surface area contributed by atoms with Crippen LogP contribution in [-0.4, -0.2) is 36.8 Å². The largest absolute Gasteiger partial charge is 0.493 e. The van der Waals surface area contributed by atoms with Gasteiger partial charge in [0.2, 0.25) is 17.6 Å². The second-order valence-electron chi connectivity index (χ2n) is 6.74. The van der Waals surface area contributed by atoms with Gasteiger partial charge in [0.1, 0.15) is 0 Å². The summed E-state index contributed by atoms with van der Waals surface area (Å²) in [6.07, 6.45) is 0.338. The van der Waals surface area contributed by atoms with E-state index in [1.54, 1.807) is 25.2 Å². The smallest absolute Gasteiger partial charge is 0.232 e. The molecule has 2 heterocycles. The van der Waals surface area contributed by atoms with Crippen LogP contribution in [0.3, 0.4) is 0 Å². The van der Waals surface area contributed by atoms with Crippen LogP contribution in [-0.2, 0) is 4.79 Å². The van der Waals surface area contributed by atoms with Crippen LogP contribution in [0.1, 0.15) is 23.8 Å². The molecule has 4 rings (SSSR count). The first-order valence-corrected chi connectivity index (χ1v) is 9.02. The molecule has 2 aromatic carbocycles. The van der Waals surface area contributed by atoms with Crippen LogP contribution in [0.15, 0.2) is 47.0 Å². The van der Waals surface area contributed by atoms with Crippen LogP contribution in [0.4, 0.5) is 5.69 Å². The number of rotatable bonds is 5. The third-order valence-corrected chi connectivity index (χ3v) is 4.91. The fourth-order valence-electron chi connectivity index (χ4n) is 3.42. The molecule has 0 N–H and O–H groups in total. The van der Waals surface area contributed by atoms with E-state index < -0.39 is 0 Å². The van der Waals surface area contributed by atoms with Crippen LogP contribution >= 0.6 is 0 Å². The van der Waals surface area contributed by atoms with E-state index in [0.29, 0.717) is 41.7 Å². The van der Waals surface area contributed by atoms with E-state index in [4.69, 9.17) is 14.0 Å². The van der Waals surface area contributed by atoms with E-state index in [9.17, 15) is 4.79 Å². The lowest BCUT2D eigenvalue weighted by atomic mass is 10.1. The first kappa shape index (κ1) is 18.0. The van der Waals surface area contributed by atoms with Gasteiger partial charge < -0.3 is 18.9 Å². The minimum atomic E-state index is -0.147. The predicted molar refractivity (Wildman–Crippen MR) is 104 cm³/mol. The normalized spacial score (nSPS) is 16.5. The third kappa shape index (κ3) is 3.19. The Bertz CT molecular complexity index is 997. The lowest BCUT2D eigenvalue weighted by molar-refractivity contribution is -0.117. The lowest BCUT2D eigenvalue weighted by Crippen LogP contribution is -2.24. The number of nitrogens with zero attached hydrogens (tertiary/aromatic N) is 3. The zero-order chi connectivity index (χ0) is 19.7. The summed E-state index contributed by atoms with van der Waals surface area (Å²) in [5, 5.41) is 4.10. The van der Waals surface area contributed by atoms with Crippen molar-refractivity contribution in [1.29, 1.82) is 0 Å². The summed E-state index contributed by atoms with van der Waals surface area (Å²) in [7, 11) is 3.14. The van der Waals surface area contributed by atoms with Gasteiger partial charge in [-0.25, -0.2) is 0 Å². The minimum absolute atomic E-state index is 0.0487. The van der Waals surface area contributed by atoms with Crippen molar-refractivity contribution in [3.05, 3.63) is 53.9 Å². The summed E-state index contributed by atoms with van der Waals surface area (Å²) in [4.78, 5) is 18.8. The Morgan fingerprint density at radius 2 is 1.89 bits per heavy atom. The molecule has 1 aliphatic heterocycles. The highest BCUT2D eigenvalue weighted by Gasteiger charge is 2.35. The molecule has 7 nitrogen and oxygen atoms in total. The van der Waals surface area contributed by atoms with Crippen LogP contribution in [0, 0.1) is 6.92 Å². The van der Waals surface area contributed by atoms with Gasteiger partial charge in [-0.3, -0.25) is 4.79 Å². The monoisotopic (exact) mass is 379 g/mol. The molecule has 1 unspecified atom stereocenters. The number of benzene rings is 2. The van der Waals surface area contributed by atoms with Gasteiger partial charge in [-0.05, 0) is 31.2 Å². The number of carbonyl (C=O) groups excluding carboxylic acids is 1. The van der Waals surface area contributed by atoms with Gasteiger partial charge >= 0.3 is 0 Å². The molecule has 1 fully saturated rings. The molecule has 0 bridgehead atoms. The zero-order valence-electron chi connectivity index (χ0n) is 16.0. The molecule has 0 radical (unpaired) electrons. The summed E-state index contributed by atoms with van der Waals surface area (Å²) in [6.45, 7) is 2.53. The Morgan fingerprint density at radius 1 is 1.11 bits per heavy atom. The molecule has 1 atom stereocenters. The molecule has 1 saturated heterocycles. The number of ether oxygens (including phenoxy) is 2. The van der Waals surface area contributed by atoms with Gasteiger partial charge in [-0.1, -0.05) is 28.9 Å². The molecule has 1 aromatic heterocycles. The zero-order valence-corrected chi connectivity index (χ0v) is 16.0. The van der Waals surface area contributed by atoms with Crippen molar-refractivity contribution in [3.8, 4) is 22.9 Å². The maximum Gasteiger partial charge on any atom is 0.232 e. The number of aryl methyl sites for hydroxylation is 1. The van der Waals surface area contributed by atoms with Crippen LogP contribution < -0.4 is 14.4 Å². The van der Waals surface area contributed by atoms with E-state index >= 15 is 0 Å². The van der Waals surface area contributed by atoms with Crippen LogP contribution in [0.25, 0.3) is 11.4 Å². The molecule has 7 heteroatoms. The van der Waals surface area contributed by atoms with Gasteiger partial charge in [-0.15, -0.1) is 0 Å². The van der Waals surface area contributed by atoms with E-state index in [2.05, 4.69) is 10.1 Å². The Hall–Kier alpha value is -3.35. The van der Waals surface area contributed by atoms with Crippen LogP contribution in [0.5, 0.6) is 11.5 Å². The summed E-state index contributed by atoms with van der Waals surface area (Å²) in [5.41, 5.74) is 2.71. The maximum atomic E-state index is 12.5. The first-order chi connectivity index (χ1) is 13.6. The molecular formula is C21H21N3O4. The highest BCUT2D eigenvalue weighted by Crippen LogP contribution is 2.38. The molecule has 1 amide bonds. The second kappa shape index (κ2) is 7.34. The molecule has 28 heavy (non-hydrogen) atoms. The fourth-order valence-corrected chi connectivity index (χ4v) is 3.42. The SMILES string of the molecule is COc1cccc(-c2noc(C3CC(=O)N(c4ccc(C)cc4)C3)n2)c1OC. The van der Waals surface area contributed by atoms with E-state index in [-0.39, 0.29) is 11.8 Å². The quantitative estimate of drug-likeness (QED) is 0.674. The number of hydrogen-bond donors (Lipinski definition) is 0. The van der Waals surface area contributed by atoms with E-state index in [1.807, 2.05) is 43.3 Å². The van der Waals surface area contributed by atoms with Crippen molar-refractivity contribution < 1.29 is 18.8 Å². The Kier molecular flexibility index (Phi) is 4.73. The van der Waals surface area contributed by atoms with Crippen molar-refractivity contribution in [2.45, 2.75) is 19.3 Å². The van der Waals surface area contributed by atoms with Gasteiger partial charge in [0.25, 0.3) is 0 Å². The Morgan fingerprint density at radius 3 is 2.61 bits per heavy atom. The minimum Gasteiger partial charge on any atom is -0.493 e. The number of methoxy groups -OCH3 is 2. The average Bonchev–Trinajstić information content (AvgIpc) is 3.35. The van der Waals surface area contributed by atoms with Crippen molar-refractivity contribution >= 4 is 11.6 Å². The van der Waals surface area contributed by atoms with E-state index in [0.717, 1.165) is 11.3 Å². The summed E-state index contributed by atoms with van der Waals surface area (Å²) in [5.74, 6) is 1.89. The number of carbonyl (C=O) groups is 1. The predicted octanol–water partition coefficient (Wildman–Crippen LogP) is 3.58. The van der Waals surface area contributed by atoms with E-state index in [1.165, 1.54) is 0 Å². The fraction of sp³-hybridized carbons (Fsp3) is 0.286. The van der Waals surface area contributed by atoms with Gasteiger partial charge in [0, 0.05) is 18.7 Å². The molecule has 1 aliphatic rings. The van der Waals surface area contributed by atoms with Gasteiger partial charge in [-0.2, -0.15) is 4.98 Å². The number of amides is 1. The van der Waals surface area contributed by atoms with Crippen LogP contribution in [0.2, 0.25) is 0 Å². The highest BCUT2D eigenvalue weighted by atomic mass is 16.5. The third-order valence-electron chi connectivity index (χ3n) is 4.91. The number of para-hydroxylation sites is 1. The van der Waals surface area contributed by atoms with Crippen molar-refractivity contribution in [2.75, 3.05) is 25.7 Å². The second-order valence-corrected chi connectivity index (χ2v) is 6.74. The highest BCUT2D eigenvalue weighted by molar-refractivity contribution is 5.96. The summed E-state index contributed by atoms with van der Waals surface area (Å²) >= 11 is 0. The number of hydrogen-bond acceptors (Lipinski definition) is 6. The van der Waals surface area contributed by atoms with Crippen molar-refractivity contribution in [3.63, 3.8) is 0 Å². The standard InChI is InChI=1S/C21H21N3O4/c1-13-7-9-15(10-8-13)24-12-14(11-18(24)25)21-22-20(23-28-21)16-5-4-6-17(26-2)19(16)27-3/h4-10,14H,11-12H2,1-3H3. The molecule has 0 aliphatic carbocycles.